The van der Waals surface area contributed by atoms with E-state index in [0.29, 0.717) is 0 Å². The van der Waals surface area contributed by atoms with Crippen LogP contribution in [-0.2, 0) is 0 Å². The molecule has 0 saturated carbocycles. The van der Waals surface area contributed by atoms with Crippen molar-refractivity contribution in [1.82, 2.24) is 19.9 Å². The molecule has 1 fully saturated rings. The highest BCUT2D eigenvalue weighted by Crippen LogP contribution is 2.16. The minimum absolute atomic E-state index is 0.750. The molecule has 112 valence electrons. The molecule has 0 bridgehead atoms. The number of hydrogen-bond donors (Lipinski definition) is 0. The SMILES string of the molecule is CCCC(CC)N1CCN(N(C)c2ncccn2)CC1. The van der Waals surface area contributed by atoms with Gasteiger partial charge in [-0.05, 0) is 18.9 Å². The minimum atomic E-state index is 0.750. The molecule has 5 nitrogen and oxygen atoms in total. The first-order valence-corrected chi connectivity index (χ1v) is 7.75. The number of anilines is 1. The smallest absolute Gasteiger partial charge is 0.239 e. The fourth-order valence-electron chi connectivity index (χ4n) is 2.94. The van der Waals surface area contributed by atoms with Crippen LogP contribution in [0.15, 0.2) is 18.5 Å². The molecule has 0 spiro atoms. The van der Waals surface area contributed by atoms with E-state index in [0.717, 1.165) is 38.2 Å². The highest BCUT2D eigenvalue weighted by atomic mass is 15.7. The zero-order valence-electron chi connectivity index (χ0n) is 13.0. The summed E-state index contributed by atoms with van der Waals surface area (Å²) in [6.45, 7) is 8.95. The van der Waals surface area contributed by atoms with Crippen molar-refractivity contribution in [1.29, 1.82) is 0 Å². The highest BCUT2D eigenvalue weighted by molar-refractivity contribution is 5.24. The van der Waals surface area contributed by atoms with Gasteiger partial charge >= 0.3 is 0 Å². The molecular formula is C15H27N5. The van der Waals surface area contributed by atoms with Gasteiger partial charge in [-0.3, -0.25) is 9.91 Å². The maximum absolute atomic E-state index is 4.31. The second-order valence-electron chi connectivity index (χ2n) is 5.41. The zero-order chi connectivity index (χ0) is 14.4. The Balaban J connectivity index is 1.87. The Bertz CT molecular complexity index is 375. The van der Waals surface area contributed by atoms with Gasteiger partial charge in [-0.25, -0.2) is 15.0 Å². The zero-order valence-corrected chi connectivity index (χ0v) is 13.0. The molecule has 1 saturated heterocycles. The van der Waals surface area contributed by atoms with Crippen molar-refractivity contribution in [2.24, 2.45) is 0 Å². The van der Waals surface area contributed by atoms with E-state index in [9.17, 15) is 0 Å². The lowest BCUT2D eigenvalue weighted by Gasteiger charge is -2.42. The number of piperazine rings is 1. The standard InChI is InChI=1S/C15H27N5/c1-4-7-14(5-2)19-10-12-20(13-11-19)18(3)15-16-8-6-9-17-15/h6,8-9,14H,4-5,7,10-13H2,1-3H3. The van der Waals surface area contributed by atoms with Gasteiger partial charge in [0.15, 0.2) is 0 Å². The summed E-state index contributed by atoms with van der Waals surface area (Å²) in [7, 11) is 2.05. The second kappa shape index (κ2) is 7.55. The predicted molar refractivity (Wildman–Crippen MR) is 82.6 cm³/mol. The van der Waals surface area contributed by atoms with E-state index in [2.05, 4.69) is 38.7 Å². The van der Waals surface area contributed by atoms with Crippen LogP contribution in [0.4, 0.5) is 5.95 Å². The van der Waals surface area contributed by atoms with E-state index < -0.39 is 0 Å². The molecule has 1 aromatic rings. The average Bonchev–Trinajstić information content (AvgIpc) is 2.53. The normalized spacial score (nSPS) is 18.9. The van der Waals surface area contributed by atoms with Crippen LogP contribution in [0.3, 0.4) is 0 Å². The topological polar surface area (TPSA) is 35.5 Å². The van der Waals surface area contributed by atoms with E-state index in [1.165, 1.54) is 19.3 Å². The van der Waals surface area contributed by atoms with Crippen molar-refractivity contribution in [2.75, 3.05) is 38.2 Å². The van der Waals surface area contributed by atoms with Gasteiger partial charge in [-0.1, -0.05) is 20.3 Å². The van der Waals surface area contributed by atoms with Gasteiger partial charge < -0.3 is 0 Å². The molecule has 20 heavy (non-hydrogen) atoms. The summed E-state index contributed by atoms with van der Waals surface area (Å²) < 4.78 is 0. The molecule has 1 aromatic heterocycles. The maximum atomic E-state index is 4.31. The van der Waals surface area contributed by atoms with Gasteiger partial charge in [0.25, 0.3) is 0 Å². The third-order valence-electron chi connectivity index (χ3n) is 4.17. The third-order valence-corrected chi connectivity index (χ3v) is 4.17. The van der Waals surface area contributed by atoms with Crippen LogP contribution in [0.1, 0.15) is 33.1 Å². The monoisotopic (exact) mass is 277 g/mol. The molecular weight excluding hydrogens is 250 g/mol. The van der Waals surface area contributed by atoms with E-state index in [4.69, 9.17) is 0 Å². The van der Waals surface area contributed by atoms with Crippen LogP contribution >= 0.6 is 0 Å². The second-order valence-corrected chi connectivity index (χ2v) is 5.41. The van der Waals surface area contributed by atoms with E-state index in [1.807, 2.05) is 13.1 Å². The van der Waals surface area contributed by atoms with Gasteiger partial charge in [-0.2, -0.15) is 0 Å². The summed E-state index contributed by atoms with van der Waals surface area (Å²) in [4.78, 5) is 11.3. The maximum Gasteiger partial charge on any atom is 0.239 e. The van der Waals surface area contributed by atoms with E-state index >= 15 is 0 Å². The molecule has 0 amide bonds. The van der Waals surface area contributed by atoms with E-state index in [-0.39, 0.29) is 0 Å². The predicted octanol–water partition coefficient (Wildman–Crippen LogP) is 2.02. The first-order valence-electron chi connectivity index (χ1n) is 7.75. The lowest BCUT2D eigenvalue weighted by molar-refractivity contribution is 0.0852. The quantitative estimate of drug-likeness (QED) is 0.795. The third kappa shape index (κ3) is 3.67. The van der Waals surface area contributed by atoms with Crippen molar-refractivity contribution in [3.63, 3.8) is 0 Å². The van der Waals surface area contributed by atoms with Crippen molar-refractivity contribution < 1.29 is 0 Å². The van der Waals surface area contributed by atoms with Crippen molar-refractivity contribution in [2.45, 2.75) is 39.2 Å². The fourth-order valence-corrected chi connectivity index (χ4v) is 2.94. The number of rotatable bonds is 6. The van der Waals surface area contributed by atoms with Crippen LogP contribution in [-0.4, -0.2) is 59.1 Å². The molecule has 1 atom stereocenters. The molecule has 1 unspecified atom stereocenters. The molecule has 1 aliphatic rings. The number of nitrogens with zero attached hydrogens (tertiary/aromatic N) is 5. The summed E-state index contributed by atoms with van der Waals surface area (Å²) in [5.74, 6) is 0.779. The molecule has 2 heterocycles. The first-order chi connectivity index (χ1) is 9.76. The Hall–Kier alpha value is -1.20. The van der Waals surface area contributed by atoms with Crippen LogP contribution in [0, 0.1) is 0 Å². The Morgan fingerprint density at radius 3 is 2.35 bits per heavy atom. The van der Waals surface area contributed by atoms with Crippen LogP contribution < -0.4 is 5.01 Å². The molecule has 1 aliphatic heterocycles. The Morgan fingerprint density at radius 1 is 1.15 bits per heavy atom. The van der Waals surface area contributed by atoms with Gasteiger partial charge in [-0.15, -0.1) is 0 Å². The van der Waals surface area contributed by atoms with Crippen LogP contribution in [0.2, 0.25) is 0 Å². The lowest BCUT2D eigenvalue weighted by Crippen LogP contribution is -2.55. The number of aromatic nitrogens is 2. The molecule has 2 rings (SSSR count). The minimum Gasteiger partial charge on any atom is -0.298 e. The summed E-state index contributed by atoms with van der Waals surface area (Å²) in [6.07, 6.45) is 7.43. The highest BCUT2D eigenvalue weighted by Gasteiger charge is 2.24. The van der Waals surface area contributed by atoms with E-state index in [1.54, 1.807) is 12.4 Å². The summed E-state index contributed by atoms with van der Waals surface area (Å²) >= 11 is 0. The van der Waals surface area contributed by atoms with Gasteiger partial charge in [0.05, 0.1) is 0 Å². The Morgan fingerprint density at radius 2 is 1.80 bits per heavy atom. The van der Waals surface area contributed by atoms with Crippen molar-refractivity contribution in [3.05, 3.63) is 18.5 Å². The fraction of sp³-hybridized carbons (Fsp3) is 0.733. The summed E-state index contributed by atoms with van der Waals surface area (Å²) in [6, 6.07) is 2.60. The number of hydrogen-bond acceptors (Lipinski definition) is 5. The molecule has 0 aliphatic carbocycles. The van der Waals surface area contributed by atoms with Gasteiger partial charge in [0.2, 0.25) is 5.95 Å². The lowest BCUT2D eigenvalue weighted by atomic mass is 10.1. The summed E-state index contributed by atoms with van der Waals surface area (Å²) in [5, 5.41) is 4.42. The largest absolute Gasteiger partial charge is 0.298 e. The molecule has 0 N–H and O–H groups in total. The Kier molecular flexibility index (Phi) is 5.73. The van der Waals surface area contributed by atoms with Crippen molar-refractivity contribution in [3.8, 4) is 0 Å². The molecule has 0 aromatic carbocycles. The van der Waals surface area contributed by atoms with Crippen molar-refractivity contribution >= 4 is 5.95 Å². The Labute approximate surface area is 122 Å². The first kappa shape index (κ1) is 15.2. The van der Waals surface area contributed by atoms with Crippen LogP contribution in [0.5, 0.6) is 0 Å². The number of hydrazine groups is 1. The van der Waals surface area contributed by atoms with Gasteiger partial charge in [0, 0.05) is 51.7 Å². The molecule has 0 radical (unpaired) electrons. The van der Waals surface area contributed by atoms with Crippen LogP contribution in [0.25, 0.3) is 0 Å². The average molecular weight is 277 g/mol. The molecule has 5 heteroatoms. The van der Waals surface area contributed by atoms with Gasteiger partial charge in [0.1, 0.15) is 0 Å². The summed E-state index contributed by atoms with van der Waals surface area (Å²) in [5.41, 5.74) is 0.